The number of methoxy groups -OCH3 is 2. The summed E-state index contributed by atoms with van der Waals surface area (Å²) in [5, 5.41) is 17.5. The minimum Gasteiger partial charge on any atom is -0.495 e. The van der Waals surface area contributed by atoms with E-state index >= 15 is 0 Å². The van der Waals surface area contributed by atoms with Crippen LogP contribution in [0, 0.1) is 10.1 Å². The topological polar surface area (TPSA) is 124 Å². The van der Waals surface area contributed by atoms with Gasteiger partial charge in [-0.2, -0.15) is 5.10 Å². The third kappa shape index (κ3) is 6.44. The zero-order valence-electron chi connectivity index (χ0n) is 18.0. The maximum atomic E-state index is 12.3. The van der Waals surface area contributed by atoms with Crippen LogP contribution in [-0.2, 0) is 4.79 Å². The third-order valence-electron chi connectivity index (χ3n) is 4.41. The van der Waals surface area contributed by atoms with Crippen LogP contribution in [0.1, 0.15) is 5.56 Å². The summed E-state index contributed by atoms with van der Waals surface area (Å²) >= 11 is 0. The molecule has 0 aliphatic rings. The highest BCUT2D eigenvalue weighted by Crippen LogP contribution is 2.28. The lowest BCUT2D eigenvalue weighted by atomic mass is 10.2. The van der Waals surface area contributed by atoms with E-state index in [4.69, 9.17) is 14.2 Å². The molecule has 0 radical (unpaired) electrons. The summed E-state index contributed by atoms with van der Waals surface area (Å²) in [4.78, 5) is 22.5. The fourth-order valence-corrected chi connectivity index (χ4v) is 2.80. The van der Waals surface area contributed by atoms with Gasteiger partial charge in [-0.05, 0) is 48.0 Å². The molecule has 0 unspecified atom stereocenters. The van der Waals surface area contributed by atoms with E-state index < -0.39 is 4.92 Å². The Bertz CT molecular complexity index is 1150. The van der Waals surface area contributed by atoms with E-state index in [0.717, 1.165) is 0 Å². The normalized spacial score (nSPS) is 10.5. The van der Waals surface area contributed by atoms with E-state index in [9.17, 15) is 14.9 Å². The first-order valence-electron chi connectivity index (χ1n) is 9.77. The molecule has 0 spiro atoms. The van der Waals surface area contributed by atoms with Crippen molar-refractivity contribution in [3.8, 4) is 17.2 Å². The largest absolute Gasteiger partial charge is 0.495 e. The number of hydrazone groups is 1. The molecule has 3 aromatic rings. The van der Waals surface area contributed by atoms with Gasteiger partial charge in [0.2, 0.25) is 0 Å². The van der Waals surface area contributed by atoms with Gasteiger partial charge in [0.25, 0.3) is 11.6 Å². The summed E-state index contributed by atoms with van der Waals surface area (Å²) in [7, 11) is 3.02. The minimum absolute atomic E-state index is 0.00134. The Morgan fingerprint density at radius 2 is 1.73 bits per heavy atom. The average Bonchev–Trinajstić information content (AvgIpc) is 2.83. The lowest BCUT2D eigenvalue weighted by Crippen LogP contribution is -2.20. The molecule has 10 nitrogen and oxygen atoms in total. The van der Waals surface area contributed by atoms with Crippen molar-refractivity contribution in [2.24, 2.45) is 5.10 Å². The molecule has 33 heavy (non-hydrogen) atoms. The van der Waals surface area contributed by atoms with Crippen LogP contribution in [0.25, 0.3) is 0 Å². The van der Waals surface area contributed by atoms with Gasteiger partial charge in [0.05, 0.1) is 36.7 Å². The number of rotatable bonds is 10. The molecule has 0 heterocycles. The first-order chi connectivity index (χ1) is 16.0. The predicted molar refractivity (Wildman–Crippen MR) is 124 cm³/mol. The van der Waals surface area contributed by atoms with Gasteiger partial charge >= 0.3 is 0 Å². The summed E-state index contributed by atoms with van der Waals surface area (Å²) in [5.41, 5.74) is 4.66. The van der Waals surface area contributed by atoms with Crippen molar-refractivity contribution < 1.29 is 23.9 Å². The number of para-hydroxylation sites is 2. The molecule has 10 heteroatoms. The van der Waals surface area contributed by atoms with Gasteiger partial charge in [0.15, 0.2) is 18.1 Å². The number of ether oxygens (including phenoxy) is 3. The molecule has 2 N–H and O–H groups in total. The molecule has 1 amide bonds. The first kappa shape index (κ1) is 23.1. The van der Waals surface area contributed by atoms with Crippen LogP contribution in [0.15, 0.2) is 71.8 Å². The number of hydrogen-bond donors (Lipinski definition) is 2. The zero-order valence-corrected chi connectivity index (χ0v) is 18.0. The standard InChI is InChI=1S/C23H22N4O6/c1-31-20-6-4-3-5-19(20)25-23(28)15-33-21-12-7-16(13-22(21)32-2)14-24-26-17-8-10-18(11-9-17)27(29)30/h3-14,26H,15H2,1-2H3,(H,25,28). The maximum absolute atomic E-state index is 12.3. The molecule has 0 fully saturated rings. The highest BCUT2D eigenvalue weighted by Gasteiger charge is 2.11. The number of benzene rings is 3. The Balaban J connectivity index is 1.58. The van der Waals surface area contributed by atoms with Gasteiger partial charge < -0.3 is 19.5 Å². The minimum atomic E-state index is -0.467. The smallest absolute Gasteiger partial charge is 0.269 e. The molecule has 0 aliphatic carbocycles. The zero-order chi connectivity index (χ0) is 23.6. The summed E-state index contributed by atoms with van der Waals surface area (Å²) in [5.74, 6) is 1.03. The van der Waals surface area contributed by atoms with Crippen LogP contribution in [0.4, 0.5) is 17.1 Å². The quantitative estimate of drug-likeness (QED) is 0.271. The number of hydrogen-bond acceptors (Lipinski definition) is 8. The molecular formula is C23H22N4O6. The van der Waals surface area contributed by atoms with Crippen molar-refractivity contribution in [2.45, 2.75) is 0 Å². The first-order valence-corrected chi connectivity index (χ1v) is 9.77. The summed E-state index contributed by atoms with van der Waals surface area (Å²) < 4.78 is 16.2. The Labute approximate surface area is 189 Å². The van der Waals surface area contributed by atoms with Crippen molar-refractivity contribution in [1.82, 2.24) is 0 Å². The molecule has 170 valence electrons. The van der Waals surface area contributed by atoms with Gasteiger partial charge in [0.1, 0.15) is 5.75 Å². The van der Waals surface area contributed by atoms with Crippen molar-refractivity contribution in [3.63, 3.8) is 0 Å². The Kier molecular flexibility index (Phi) is 7.79. The number of nitrogens with zero attached hydrogens (tertiary/aromatic N) is 2. The second-order valence-electron chi connectivity index (χ2n) is 6.62. The SMILES string of the molecule is COc1ccccc1NC(=O)COc1ccc(C=NNc2ccc([N+](=O)[O-])cc2)cc1OC. The number of nitro groups is 1. The van der Waals surface area contributed by atoms with Gasteiger partial charge in [-0.1, -0.05) is 12.1 Å². The van der Waals surface area contributed by atoms with Crippen molar-refractivity contribution >= 4 is 29.2 Å². The number of nitro benzene ring substituents is 1. The van der Waals surface area contributed by atoms with Crippen LogP contribution in [0.2, 0.25) is 0 Å². The van der Waals surface area contributed by atoms with Crippen molar-refractivity contribution in [3.05, 3.63) is 82.4 Å². The van der Waals surface area contributed by atoms with Crippen LogP contribution < -0.4 is 25.0 Å². The van der Waals surface area contributed by atoms with E-state index in [2.05, 4.69) is 15.8 Å². The molecule has 0 saturated carbocycles. The molecule has 0 aliphatic heterocycles. The van der Waals surface area contributed by atoms with E-state index in [1.54, 1.807) is 54.7 Å². The molecule has 0 bridgehead atoms. The molecule has 3 aromatic carbocycles. The molecule has 3 rings (SSSR count). The summed E-state index contributed by atoms with van der Waals surface area (Å²) in [6, 6.07) is 18.1. The van der Waals surface area contributed by atoms with Gasteiger partial charge in [-0.15, -0.1) is 0 Å². The highest BCUT2D eigenvalue weighted by atomic mass is 16.6. The predicted octanol–water partition coefficient (Wildman–Crippen LogP) is 4.08. The number of anilines is 2. The van der Waals surface area contributed by atoms with Crippen LogP contribution >= 0.6 is 0 Å². The van der Waals surface area contributed by atoms with E-state index in [0.29, 0.717) is 34.2 Å². The fraction of sp³-hybridized carbons (Fsp3) is 0.130. The Hall–Kier alpha value is -4.60. The number of carbonyl (C=O) groups is 1. The third-order valence-corrected chi connectivity index (χ3v) is 4.41. The number of non-ortho nitro benzene ring substituents is 1. The molecular weight excluding hydrogens is 428 g/mol. The molecule has 0 atom stereocenters. The summed E-state index contributed by atoms with van der Waals surface area (Å²) in [6.07, 6.45) is 1.56. The van der Waals surface area contributed by atoms with Crippen LogP contribution in [0.5, 0.6) is 17.2 Å². The number of amides is 1. The second-order valence-corrected chi connectivity index (χ2v) is 6.62. The number of nitrogens with one attached hydrogen (secondary N) is 2. The van der Waals surface area contributed by atoms with E-state index in [1.165, 1.54) is 26.4 Å². The van der Waals surface area contributed by atoms with Crippen molar-refractivity contribution in [1.29, 1.82) is 0 Å². The molecule has 0 aromatic heterocycles. The monoisotopic (exact) mass is 450 g/mol. The summed E-state index contributed by atoms with van der Waals surface area (Å²) in [6.45, 7) is -0.219. The van der Waals surface area contributed by atoms with Crippen LogP contribution in [0.3, 0.4) is 0 Å². The van der Waals surface area contributed by atoms with Gasteiger partial charge in [-0.25, -0.2) is 0 Å². The van der Waals surface area contributed by atoms with E-state index in [1.807, 2.05) is 6.07 Å². The number of carbonyl (C=O) groups excluding carboxylic acids is 1. The Morgan fingerprint density at radius 3 is 2.42 bits per heavy atom. The average molecular weight is 450 g/mol. The van der Waals surface area contributed by atoms with E-state index in [-0.39, 0.29) is 18.2 Å². The van der Waals surface area contributed by atoms with Crippen molar-refractivity contribution in [2.75, 3.05) is 31.6 Å². The lowest BCUT2D eigenvalue weighted by molar-refractivity contribution is -0.384. The molecule has 0 saturated heterocycles. The maximum Gasteiger partial charge on any atom is 0.269 e. The second kappa shape index (κ2) is 11.1. The lowest BCUT2D eigenvalue weighted by Gasteiger charge is -2.12. The fourth-order valence-electron chi connectivity index (χ4n) is 2.80. The highest BCUT2D eigenvalue weighted by molar-refractivity contribution is 5.93. The Morgan fingerprint density at radius 1 is 1.00 bits per heavy atom. The van der Waals surface area contributed by atoms with Crippen LogP contribution in [-0.4, -0.2) is 37.9 Å². The van der Waals surface area contributed by atoms with Gasteiger partial charge in [0, 0.05) is 12.1 Å². The van der Waals surface area contributed by atoms with Gasteiger partial charge in [-0.3, -0.25) is 20.3 Å².